The van der Waals surface area contributed by atoms with E-state index in [0.717, 1.165) is 17.4 Å². The fourth-order valence-electron chi connectivity index (χ4n) is 2.40. The van der Waals surface area contributed by atoms with Gasteiger partial charge in [0.15, 0.2) is 0 Å². The minimum absolute atomic E-state index is 0.0469. The average Bonchev–Trinajstić information content (AvgIpc) is 2.82. The van der Waals surface area contributed by atoms with Crippen molar-refractivity contribution in [1.82, 2.24) is 14.9 Å². The van der Waals surface area contributed by atoms with Crippen LogP contribution in [-0.2, 0) is 0 Å². The first-order valence-electron chi connectivity index (χ1n) is 5.81. The van der Waals surface area contributed by atoms with Crippen molar-refractivity contribution in [3.63, 3.8) is 0 Å². The van der Waals surface area contributed by atoms with Gasteiger partial charge >= 0.3 is 5.69 Å². The third kappa shape index (κ3) is 1.81. The van der Waals surface area contributed by atoms with Gasteiger partial charge in [-0.1, -0.05) is 15.9 Å². The molecule has 1 unspecified atom stereocenters. The van der Waals surface area contributed by atoms with Crippen molar-refractivity contribution >= 4 is 26.8 Å². The summed E-state index contributed by atoms with van der Waals surface area (Å²) < 4.78 is 2.17. The molecule has 2 heterocycles. The molecule has 3 rings (SSSR count). The van der Waals surface area contributed by atoms with E-state index in [1.807, 2.05) is 0 Å². The van der Waals surface area contributed by atoms with Gasteiger partial charge in [0.2, 0.25) is 0 Å². The Labute approximate surface area is 111 Å². The molecule has 1 aliphatic rings. The average molecular weight is 310 g/mol. The third-order valence-corrected chi connectivity index (χ3v) is 3.78. The van der Waals surface area contributed by atoms with Crippen molar-refractivity contribution in [3.8, 4) is 0 Å². The normalized spacial score (nSPS) is 19.5. The number of H-pyrrole nitrogens is 1. The second kappa shape index (κ2) is 4.37. The summed E-state index contributed by atoms with van der Waals surface area (Å²) in [5, 5.41) is 3.71. The van der Waals surface area contributed by atoms with Crippen LogP contribution in [0.15, 0.2) is 32.3 Å². The Balaban J connectivity index is 2.30. The van der Waals surface area contributed by atoms with E-state index in [2.05, 4.69) is 26.2 Å². The highest BCUT2D eigenvalue weighted by molar-refractivity contribution is 9.10. The van der Waals surface area contributed by atoms with Gasteiger partial charge in [0, 0.05) is 11.0 Å². The van der Waals surface area contributed by atoms with Gasteiger partial charge in [-0.3, -0.25) is 9.36 Å². The number of aromatic amines is 1. The van der Waals surface area contributed by atoms with Crippen molar-refractivity contribution < 1.29 is 0 Å². The Morgan fingerprint density at radius 3 is 2.89 bits per heavy atom. The maximum Gasteiger partial charge on any atom is 0.329 e. The molecule has 0 amide bonds. The van der Waals surface area contributed by atoms with E-state index < -0.39 is 0 Å². The fourth-order valence-corrected chi connectivity index (χ4v) is 2.76. The molecule has 0 bridgehead atoms. The molecule has 0 aliphatic carbocycles. The van der Waals surface area contributed by atoms with Crippen LogP contribution in [0.2, 0.25) is 0 Å². The van der Waals surface area contributed by atoms with Crippen LogP contribution in [0.25, 0.3) is 10.9 Å². The van der Waals surface area contributed by atoms with Crippen molar-refractivity contribution in [1.29, 1.82) is 0 Å². The van der Waals surface area contributed by atoms with Crippen LogP contribution >= 0.6 is 15.9 Å². The second-order valence-electron chi connectivity index (χ2n) is 4.44. The fraction of sp³-hybridized carbons (Fsp3) is 0.333. The summed E-state index contributed by atoms with van der Waals surface area (Å²) in [5.41, 5.74) is 0.0239. The Kier molecular flexibility index (Phi) is 2.83. The van der Waals surface area contributed by atoms with Crippen molar-refractivity contribution in [2.24, 2.45) is 0 Å². The van der Waals surface area contributed by atoms with Crippen LogP contribution < -0.4 is 16.6 Å². The number of fused-ring (bicyclic) bond motifs is 1. The highest BCUT2D eigenvalue weighted by atomic mass is 79.9. The second-order valence-corrected chi connectivity index (χ2v) is 5.36. The molecule has 5 nitrogen and oxygen atoms in total. The molecule has 1 fully saturated rings. The van der Waals surface area contributed by atoms with E-state index in [9.17, 15) is 9.59 Å². The topological polar surface area (TPSA) is 66.9 Å². The lowest BCUT2D eigenvalue weighted by Gasteiger charge is -2.12. The van der Waals surface area contributed by atoms with E-state index in [4.69, 9.17) is 0 Å². The number of halogens is 1. The summed E-state index contributed by atoms with van der Waals surface area (Å²) in [7, 11) is 0. The van der Waals surface area contributed by atoms with Gasteiger partial charge in [0.25, 0.3) is 5.56 Å². The molecule has 0 radical (unpaired) electrons. The van der Waals surface area contributed by atoms with Crippen molar-refractivity contribution in [3.05, 3.63) is 43.5 Å². The predicted octanol–water partition coefficient (Wildman–Crippen LogP) is 0.987. The lowest BCUT2D eigenvalue weighted by Crippen LogP contribution is -2.38. The highest BCUT2D eigenvalue weighted by Crippen LogP contribution is 2.16. The molecule has 94 valence electrons. The summed E-state index contributed by atoms with van der Waals surface area (Å²) in [6.45, 7) is 1.51. The Hall–Kier alpha value is -1.40. The zero-order valence-electron chi connectivity index (χ0n) is 9.57. The minimum atomic E-state index is -0.334. The third-order valence-electron chi connectivity index (χ3n) is 3.29. The van der Waals surface area contributed by atoms with E-state index in [1.54, 1.807) is 18.2 Å². The number of nitrogens with one attached hydrogen (secondary N) is 2. The number of hydrogen-bond donors (Lipinski definition) is 2. The van der Waals surface area contributed by atoms with Gasteiger partial charge in [-0.25, -0.2) is 4.79 Å². The standard InChI is InChI=1S/C12H12BrN3O2/c13-7-1-2-9-10(5-7)15-12(18)16(11(9)17)8-3-4-14-6-8/h1-2,5,8,14H,3-4,6H2,(H,15,18). The van der Waals surface area contributed by atoms with Gasteiger partial charge in [-0.05, 0) is 31.2 Å². The predicted molar refractivity (Wildman–Crippen MR) is 73.1 cm³/mol. The quantitative estimate of drug-likeness (QED) is 0.825. The first-order chi connectivity index (χ1) is 8.66. The molecule has 18 heavy (non-hydrogen) atoms. The molecule has 1 atom stereocenters. The zero-order chi connectivity index (χ0) is 12.7. The highest BCUT2D eigenvalue weighted by Gasteiger charge is 2.20. The molecule has 6 heteroatoms. The number of hydrogen-bond acceptors (Lipinski definition) is 3. The summed E-state index contributed by atoms with van der Waals surface area (Å²) in [6, 6.07) is 5.24. The zero-order valence-corrected chi connectivity index (χ0v) is 11.2. The maximum atomic E-state index is 12.3. The summed E-state index contributed by atoms with van der Waals surface area (Å²) >= 11 is 3.33. The first-order valence-corrected chi connectivity index (χ1v) is 6.61. The Bertz CT molecular complexity index is 713. The van der Waals surface area contributed by atoms with Gasteiger partial charge in [0.05, 0.1) is 16.9 Å². The smallest absolute Gasteiger partial charge is 0.315 e. The lowest BCUT2D eigenvalue weighted by atomic mass is 10.2. The lowest BCUT2D eigenvalue weighted by molar-refractivity contribution is 0.508. The molecule has 1 saturated heterocycles. The van der Waals surface area contributed by atoms with E-state index in [-0.39, 0.29) is 17.3 Å². The largest absolute Gasteiger partial charge is 0.329 e. The van der Waals surface area contributed by atoms with Crippen LogP contribution in [0.5, 0.6) is 0 Å². The van der Waals surface area contributed by atoms with E-state index in [0.29, 0.717) is 17.4 Å². The van der Waals surface area contributed by atoms with E-state index >= 15 is 0 Å². The summed E-state index contributed by atoms with van der Waals surface area (Å²) in [6.07, 6.45) is 0.811. The molecular weight excluding hydrogens is 298 g/mol. The molecular formula is C12H12BrN3O2. The van der Waals surface area contributed by atoms with Crippen LogP contribution in [0.4, 0.5) is 0 Å². The number of nitrogens with zero attached hydrogens (tertiary/aromatic N) is 1. The molecule has 1 aromatic heterocycles. The van der Waals surface area contributed by atoms with E-state index in [1.165, 1.54) is 4.57 Å². The number of aromatic nitrogens is 2. The molecule has 0 spiro atoms. The molecule has 2 aromatic rings. The van der Waals surface area contributed by atoms with Gasteiger partial charge in [-0.15, -0.1) is 0 Å². The van der Waals surface area contributed by atoms with Crippen molar-refractivity contribution in [2.45, 2.75) is 12.5 Å². The molecule has 1 aliphatic heterocycles. The SMILES string of the molecule is O=c1[nH]c2cc(Br)ccc2c(=O)n1C1CCNC1. The van der Waals surface area contributed by atoms with Crippen molar-refractivity contribution in [2.75, 3.05) is 13.1 Å². The summed E-state index contributed by atoms with van der Waals surface area (Å²) in [5.74, 6) is 0. The van der Waals surface area contributed by atoms with Gasteiger partial charge < -0.3 is 10.3 Å². The van der Waals surface area contributed by atoms with Crippen LogP contribution in [0, 0.1) is 0 Å². The first kappa shape index (κ1) is 11.7. The minimum Gasteiger partial charge on any atom is -0.315 e. The number of rotatable bonds is 1. The molecule has 0 saturated carbocycles. The van der Waals surface area contributed by atoms with Crippen LogP contribution in [0.1, 0.15) is 12.5 Å². The van der Waals surface area contributed by atoms with Crippen LogP contribution in [-0.4, -0.2) is 22.6 Å². The summed E-state index contributed by atoms with van der Waals surface area (Å²) in [4.78, 5) is 27.1. The van der Waals surface area contributed by atoms with Gasteiger partial charge in [0.1, 0.15) is 0 Å². The maximum absolute atomic E-state index is 12.3. The van der Waals surface area contributed by atoms with Crippen LogP contribution in [0.3, 0.4) is 0 Å². The monoisotopic (exact) mass is 309 g/mol. The van der Waals surface area contributed by atoms with Gasteiger partial charge in [-0.2, -0.15) is 0 Å². The Morgan fingerprint density at radius 1 is 1.33 bits per heavy atom. The molecule has 1 aromatic carbocycles. The number of benzene rings is 1. The molecule has 2 N–H and O–H groups in total. The Morgan fingerprint density at radius 2 is 2.17 bits per heavy atom.